The van der Waals surface area contributed by atoms with Crippen molar-refractivity contribution in [3.05, 3.63) is 57.5 Å². The van der Waals surface area contributed by atoms with Crippen LogP contribution < -0.4 is 5.56 Å². The molecule has 0 radical (unpaired) electrons. The Hall–Kier alpha value is -1.97. The van der Waals surface area contributed by atoms with Crippen LogP contribution in [0.2, 0.25) is 0 Å². The first-order valence-corrected chi connectivity index (χ1v) is 6.81. The molecule has 0 saturated carbocycles. The van der Waals surface area contributed by atoms with Crippen LogP contribution in [-0.4, -0.2) is 15.0 Å². The summed E-state index contributed by atoms with van der Waals surface area (Å²) in [5, 5.41) is 0. The van der Waals surface area contributed by atoms with Crippen LogP contribution in [0, 0.1) is 0 Å². The lowest BCUT2D eigenvalue weighted by Crippen LogP contribution is -2.22. The summed E-state index contributed by atoms with van der Waals surface area (Å²) in [5.41, 5.74) is 4.08. The lowest BCUT2D eigenvalue weighted by atomic mass is 9.83. The standard InChI is InChI=1S/C15H17N3O/c1-2-11-14(17-9-18-15(11)19)12-7-3-5-10-6-4-8-16-13(10)12/h4,6,8-9,12H,2-3,5,7H2,1H3,(H,17,18,19). The largest absolute Gasteiger partial charge is 0.313 e. The van der Waals surface area contributed by atoms with E-state index >= 15 is 0 Å². The van der Waals surface area contributed by atoms with E-state index in [0.717, 1.165) is 36.2 Å². The molecule has 2 aromatic heterocycles. The van der Waals surface area contributed by atoms with Gasteiger partial charge in [0.15, 0.2) is 0 Å². The molecule has 1 atom stereocenters. The van der Waals surface area contributed by atoms with E-state index in [9.17, 15) is 4.79 Å². The van der Waals surface area contributed by atoms with Gasteiger partial charge in [0.2, 0.25) is 0 Å². The van der Waals surface area contributed by atoms with Crippen LogP contribution in [0.3, 0.4) is 0 Å². The summed E-state index contributed by atoms with van der Waals surface area (Å²) in [5.74, 6) is 0.169. The number of aromatic amines is 1. The number of aromatic nitrogens is 3. The van der Waals surface area contributed by atoms with E-state index in [1.807, 2.05) is 19.2 Å². The summed E-state index contributed by atoms with van der Waals surface area (Å²) in [6.45, 7) is 2.00. The van der Waals surface area contributed by atoms with E-state index < -0.39 is 0 Å². The zero-order valence-electron chi connectivity index (χ0n) is 11.0. The SMILES string of the molecule is CCc1c(C2CCCc3cccnc32)nc[nH]c1=O. The van der Waals surface area contributed by atoms with E-state index in [0.29, 0.717) is 6.42 Å². The fraction of sp³-hybridized carbons (Fsp3) is 0.400. The van der Waals surface area contributed by atoms with Crippen molar-refractivity contribution in [1.82, 2.24) is 15.0 Å². The highest BCUT2D eigenvalue weighted by Crippen LogP contribution is 2.34. The molecule has 0 fully saturated rings. The second-order valence-electron chi connectivity index (χ2n) is 4.94. The van der Waals surface area contributed by atoms with E-state index in [4.69, 9.17) is 0 Å². The number of pyridine rings is 1. The first-order chi connectivity index (χ1) is 9.31. The highest BCUT2D eigenvalue weighted by molar-refractivity contribution is 5.35. The highest BCUT2D eigenvalue weighted by atomic mass is 16.1. The number of nitrogens with one attached hydrogen (secondary N) is 1. The number of hydrogen-bond acceptors (Lipinski definition) is 3. The molecule has 98 valence electrons. The summed E-state index contributed by atoms with van der Waals surface area (Å²) in [6, 6.07) is 4.11. The fourth-order valence-corrected chi connectivity index (χ4v) is 2.96. The molecule has 0 aromatic carbocycles. The molecule has 4 heteroatoms. The first kappa shape index (κ1) is 12.1. The minimum absolute atomic E-state index is 0.0180. The maximum atomic E-state index is 11.9. The van der Waals surface area contributed by atoms with Gasteiger partial charge in [-0.2, -0.15) is 0 Å². The topological polar surface area (TPSA) is 58.6 Å². The third-order valence-corrected chi connectivity index (χ3v) is 3.86. The zero-order chi connectivity index (χ0) is 13.2. The molecule has 19 heavy (non-hydrogen) atoms. The van der Waals surface area contributed by atoms with Gasteiger partial charge in [0, 0.05) is 17.7 Å². The molecule has 0 bridgehead atoms. The maximum Gasteiger partial charge on any atom is 0.254 e. The van der Waals surface area contributed by atoms with Gasteiger partial charge in [0.1, 0.15) is 0 Å². The second-order valence-corrected chi connectivity index (χ2v) is 4.94. The summed E-state index contributed by atoms with van der Waals surface area (Å²) >= 11 is 0. The molecule has 1 N–H and O–H groups in total. The number of aryl methyl sites for hydroxylation is 1. The van der Waals surface area contributed by atoms with Crippen molar-refractivity contribution in [3.8, 4) is 0 Å². The van der Waals surface area contributed by atoms with Crippen LogP contribution in [-0.2, 0) is 12.8 Å². The molecule has 0 amide bonds. The average molecular weight is 255 g/mol. The van der Waals surface area contributed by atoms with Gasteiger partial charge in [-0.15, -0.1) is 0 Å². The lowest BCUT2D eigenvalue weighted by Gasteiger charge is -2.24. The van der Waals surface area contributed by atoms with Crippen LogP contribution in [0.1, 0.15) is 48.2 Å². The number of fused-ring (bicyclic) bond motifs is 1. The first-order valence-electron chi connectivity index (χ1n) is 6.81. The van der Waals surface area contributed by atoms with Crippen LogP contribution in [0.15, 0.2) is 29.5 Å². The van der Waals surface area contributed by atoms with Crippen molar-refractivity contribution in [2.75, 3.05) is 0 Å². The van der Waals surface area contributed by atoms with E-state index in [1.54, 1.807) is 0 Å². The third kappa shape index (κ3) is 2.07. The molecular weight excluding hydrogens is 238 g/mol. The van der Waals surface area contributed by atoms with Crippen LogP contribution in [0.25, 0.3) is 0 Å². The fourth-order valence-electron chi connectivity index (χ4n) is 2.96. The smallest absolute Gasteiger partial charge is 0.254 e. The van der Waals surface area contributed by atoms with Crippen LogP contribution in [0.4, 0.5) is 0 Å². The summed E-state index contributed by atoms with van der Waals surface area (Å²) in [7, 11) is 0. The Labute approximate surface area is 111 Å². The van der Waals surface area contributed by atoms with Gasteiger partial charge in [-0.05, 0) is 37.3 Å². The average Bonchev–Trinajstić information content (AvgIpc) is 2.46. The van der Waals surface area contributed by atoms with Gasteiger partial charge in [-0.25, -0.2) is 4.98 Å². The Bertz CT molecular complexity index is 648. The summed E-state index contributed by atoms with van der Waals surface area (Å²) in [4.78, 5) is 23.5. The molecule has 0 spiro atoms. The van der Waals surface area contributed by atoms with Gasteiger partial charge in [-0.1, -0.05) is 13.0 Å². The Morgan fingerprint density at radius 3 is 3.11 bits per heavy atom. The van der Waals surface area contributed by atoms with E-state index in [1.165, 1.54) is 11.9 Å². The van der Waals surface area contributed by atoms with Crippen molar-refractivity contribution < 1.29 is 0 Å². The Morgan fingerprint density at radius 1 is 1.37 bits per heavy atom. The molecule has 1 unspecified atom stereocenters. The van der Waals surface area contributed by atoms with Crippen molar-refractivity contribution >= 4 is 0 Å². The Kier molecular flexibility index (Phi) is 3.15. The van der Waals surface area contributed by atoms with Gasteiger partial charge in [0.25, 0.3) is 5.56 Å². The van der Waals surface area contributed by atoms with Crippen molar-refractivity contribution in [3.63, 3.8) is 0 Å². The second kappa shape index (κ2) is 4.96. The normalized spacial score (nSPS) is 18.1. The van der Waals surface area contributed by atoms with Gasteiger partial charge in [-0.3, -0.25) is 9.78 Å². The summed E-state index contributed by atoms with van der Waals surface area (Å²) in [6.07, 6.45) is 7.26. The number of rotatable bonds is 2. The molecule has 1 aliphatic rings. The van der Waals surface area contributed by atoms with E-state index in [2.05, 4.69) is 21.0 Å². The van der Waals surface area contributed by atoms with Crippen molar-refractivity contribution in [1.29, 1.82) is 0 Å². The molecule has 2 aromatic rings. The predicted octanol–water partition coefficient (Wildman–Crippen LogP) is 2.20. The zero-order valence-corrected chi connectivity index (χ0v) is 11.0. The van der Waals surface area contributed by atoms with Crippen LogP contribution >= 0.6 is 0 Å². The van der Waals surface area contributed by atoms with Crippen LogP contribution in [0.5, 0.6) is 0 Å². The van der Waals surface area contributed by atoms with Gasteiger partial charge < -0.3 is 4.98 Å². The van der Waals surface area contributed by atoms with Crippen molar-refractivity contribution in [2.24, 2.45) is 0 Å². The maximum absolute atomic E-state index is 11.9. The molecule has 4 nitrogen and oxygen atoms in total. The minimum atomic E-state index is -0.0180. The predicted molar refractivity (Wildman–Crippen MR) is 73.3 cm³/mol. The number of nitrogens with zero attached hydrogens (tertiary/aromatic N) is 2. The Morgan fingerprint density at radius 2 is 2.26 bits per heavy atom. The minimum Gasteiger partial charge on any atom is -0.313 e. The third-order valence-electron chi connectivity index (χ3n) is 3.86. The van der Waals surface area contributed by atoms with Gasteiger partial charge >= 0.3 is 0 Å². The number of hydrogen-bond donors (Lipinski definition) is 1. The molecule has 2 heterocycles. The number of H-pyrrole nitrogens is 1. The quantitative estimate of drug-likeness (QED) is 0.895. The highest BCUT2D eigenvalue weighted by Gasteiger charge is 2.26. The Balaban J connectivity index is 2.14. The monoisotopic (exact) mass is 255 g/mol. The van der Waals surface area contributed by atoms with Crippen molar-refractivity contribution in [2.45, 2.75) is 38.5 Å². The molecule has 3 rings (SSSR count). The van der Waals surface area contributed by atoms with E-state index in [-0.39, 0.29) is 11.5 Å². The molecule has 1 aliphatic carbocycles. The van der Waals surface area contributed by atoms with Gasteiger partial charge in [0.05, 0.1) is 17.7 Å². The summed E-state index contributed by atoms with van der Waals surface area (Å²) < 4.78 is 0. The lowest BCUT2D eigenvalue weighted by molar-refractivity contribution is 0.580. The molecule has 0 saturated heterocycles. The molecular formula is C15H17N3O. The molecule has 0 aliphatic heterocycles.